The van der Waals surface area contributed by atoms with E-state index in [9.17, 15) is 4.79 Å². The fraction of sp³-hybridized carbons (Fsp3) is 0.167. The fourth-order valence-corrected chi connectivity index (χ4v) is 1.68. The molecule has 4 nitrogen and oxygen atoms in total. The summed E-state index contributed by atoms with van der Waals surface area (Å²) in [5.74, 6) is -0.445. The number of nitrogen functional groups attached to an aromatic ring is 1. The van der Waals surface area contributed by atoms with E-state index in [1.807, 2.05) is 19.1 Å². The molecule has 1 heterocycles. The Morgan fingerprint density at radius 3 is 2.81 bits per heavy atom. The quantitative estimate of drug-likeness (QED) is 0.584. The minimum Gasteiger partial charge on any atom is -0.464 e. The van der Waals surface area contributed by atoms with Crippen LogP contribution in [0.4, 0.5) is 5.69 Å². The summed E-state index contributed by atoms with van der Waals surface area (Å²) in [6, 6.07) is 7.26. The number of anilines is 1. The minimum absolute atomic E-state index is 0.310. The zero-order valence-electron chi connectivity index (χ0n) is 9.15. The minimum atomic E-state index is -0.445. The van der Waals surface area contributed by atoms with Gasteiger partial charge in [0.05, 0.1) is 7.11 Å². The number of aromatic nitrogens is 1. The molecule has 4 heteroatoms. The van der Waals surface area contributed by atoms with Crippen LogP contribution in [0.2, 0.25) is 0 Å². The molecule has 0 fully saturated rings. The Morgan fingerprint density at radius 1 is 1.38 bits per heavy atom. The highest BCUT2D eigenvalue weighted by atomic mass is 16.5. The molecule has 0 radical (unpaired) electrons. The van der Waals surface area contributed by atoms with Crippen molar-refractivity contribution in [3.8, 4) is 0 Å². The van der Waals surface area contributed by atoms with Crippen molar-refractivity contribution >= 4 is 22.4 Å². The number of fused-ring (bicyclic) bond motifs is 1. The molecule has 0 aliphatic carbocycles. The van der Waals surface area contributed by atoms with Gasteiger partial charge in [0.2, 0.25) is 0 Å². The summed E-state index contributed by atoms with van der Waals surface area (Å²) >= 11 is 0. The Bertz CT molecular complexity index is 564. The van der Waals surface area contributed by atoms with E-state index < -0.39 is 5.97 Å². The number of pyridine rings is 1. The molecule has 0 atom stereocenters. The predicted octanol–water partition coefficient (Wildman–Crippen LogP) is 1.91. The van der Waals surface area contributed by atoms with E-state index in [0.717, 1.165) is 16.5 Å². The van der Waals surface area contributed by atoms with Crippen molar-refractivity contribution in [2.24, 2.45) is 0 Å². The smallest absolute Gasteiger partial charge is 0.357 e. The van der Waals surface area contributed by atoms with Crippen molar-refractivity contribution in [2.75, 3.05) is 12.8 Å². The molecule has 0 spiro atoms. The zero-order chi connectivity index (χ0) is 11.7. The van der Waals surface area contributed by atoms with Crippen LogP contribution in [-0.4, -0.2) is 18.1 Å². The van der Waals surface area contributed by atoms with E-state index in [2.05, 4.69) is 4.98 Å². The summed E-state index contributed by atoms with van der Waals surface area (Å²) in [5.41, 5.74) is 7.54. The van der Waals surface area contributed by atoms with Gasteiger partial charge in [0.25, 0.3) is 0 Å². The average molecular weight is 216 g/mol. The molecule has 16 heavy (non-hydrogen) atoms. The number of nitrogens with zero attached hydrogens (tertiary/aromatic N) is 1. The van der Waals surface area contributed by atoms with E-state index in [1.54, 1.807) is 12.1 Å². The Hall–Kier alpha value is -2.10. The summed E-state index contributed by atoms with van der Waals surface area (Å²) in [6.07, 6.45) is 0. The maximum absolute atomic E-state index is 11.6. The molecule has 0 aliphatic rings. The van der Waals surface area contributed by atoms with Crippen LogP contribution < -0.4 is 5.73 Å². The van der Waals surface area contributed by atoms with E-state index in [-0.39, 0.29) is 0 Å². The Labute approximate surface area is 93.0 Å². The number of carbonyl (C=O) groups is 1. The standard InChI is InChI=1S/C12H12N2O2/c1-7-6-9-8(4-3-5-10(9)13)11(14-7)12(15)16-2/h3-6H,13H2,1-2H3. The van der Waals surface area contributed by atoms with E-state index in [0.29, 0.717) is 11.4 Å². The van der Waals surface area contributed by atoms with Crippen LogP contribution in [-0.2, 0) is 4.74 Å². The number of rotatable bonds is 1. The van der Waals surface area contributed by atoms with Crippen molar-refractivity contribution in [3.63, 3.8) is 0 Å². The number of esters is 1. The number of ether oxygens (including phenoxy) is 1. The van der Waals surface area contributed by atoms with Crippen molar-refractivity contribution in [1.82, 2.24) is 4.98 Å². The van der Waals surface area contributed by atoms with E-state index >= 15 is 0 Å². The summed E-state index contributed by atoms with van der Waals surface area (Å²) in [6.45, 7) is 1.82. The molecular weight excluding hydrogens is 204 g/mol. The van der Waals surface area contributed by atoms with Crippen LogP contribution >= 0.6 is 0 Å². The van der Waals surface area contributed by atoms with Gasteiger partial charge < -0.3 is 10.5 Å². The van der Waals surface area contributed by atoms with Gasteiger partial charge in [-0.2, -0.15) is 0 Å². The molecule has 0 saturated heterocycles. The summed E-state index contributed by atoms with van der Waals surface area (Å²) in [7, 11) is 1.34. The largest absolute Gasteiger partial charge is 0.464 e. The zero-order valence-corrected chi connectivity index (χ0v) is 9.15. The highest BCUT2D eigenvalue weighted by Gasteiger charge is 2.13. The monoisotopic (exact) mass is 216 g/mol. The van der Waals surface area contributed by atoms with E-state index in [1.165, 1.54) is 7.11 Å². The Morgan fingerprint density at radius 2 is 2.12 bits per heavy atom. The molecule has 2 N–H and O–H groups in total. The number of nitrogens with two attached hydrogens (primary N) is 1. The van der Waals surface area contributed by atoms with Crippen LogP contribution in [0.1, 0.15) is 16.2 Å². The fourth-order valence-electron chi connectivity index (χ4n) is 1.68. The van der Waals surface area contributed by atoms with Gasteiger partial charge >= 0.3 is 5.97 Å². The van der Waals surface area contributed by atoms with Gasteiger partial charge in [-0.1, -0.05) is 12.1 Å². The van der Waals surface area contributed by atoms with Gasteiger partial charge in [-0.25, -0.2) is 9.78 Å². The lowest BCUT2D eigenvalue weighted by molar-refractivity contribution is 0.0596. The third kappa shape index (κ3) is 1.58. The molecule has 82 valence electrons. The Balaban J connectivity index is 2.83. The summed E-state index contributed by atoms with van der Waals surface area (Å²) in [5, 5.41) is 1.55. The van der Waals surface area contributed by atoms with Crippen LogP contribution in [0.5, 0.6) is 0 Å². The molecule has 2 rings (SSSR count). The van der Waals surface area contributed by atoms with Crippen molar-refractivity contribution in [3.05, 3.63) is 35.7 Å². The van der Waals surface area contributed by atoms with Crippen LogP contribution in [0.3, 0.4) is 0 Å². The van der Waals surface area contributed by atoms with Crippen molar-refractivity contribution in [1.29, 1.82) is 0 Å². The normalized spacial score (nSPS) is 10.4. The van der Waals surface area contributed by atoms with Gasteiger partial charge in [0.15, 0.2) is 5.69 Å². The lowest BCUT2D eigenvalue weighted by Crippen LogP contribution is -2.06. The average Bonchev–Trinajstić information content (AvgIpc) is 2.28. The lowest BCUT2D eigenvalue weighted by atomic mass is 10.1. The third-order valence-corrected chi connectivity index (χ3v) is 2.42. The maximum atomic E-state index is 11.6. The summed E-state index contributed by atoms with van der Waals surface area (Å²) < 4.78 is 4.70. The first-order chi connectivity index (χ1) is 7.63. The predicted molar refractivity (Wildman–Crippen MR) is 62.2 cm³/mol. The number of carbonyl (C=O) groups excluding carboxylic acids is 1. The van der Waals surface area contributed by atoms with Crippen LogP contribution in [0, 0.1) is 6.92 Å². The Kier molecular flexibility index (Phi) is 2.48. The number of aryl methyl sites for hydroxylation is 1. The number of hydrogen-bond acceptors (Lipinski definition) is 4. The van der Waals surface area contributed by atoms with Crippen LogP contribution in [0.15, 0.2) is 24.3 Å². The second kappa shape index (κ2) is 3.81. The second-order valence-electron chi connectivity index (χ2n) is 3.55. The maximum Gasteiger partial charge on any atom is 0.357 e. The SMILES string of the molecule is COC(=O)c1nc(C)cc2c(N)cccc12. The molecular formula is C12H12N2O2. The van der Waals surface area contributed by atoms with Gasteiger partial charge in [-0.3, -0.25) is 0 Å². The molecule has 1 aromatic carbocycles. The molecule has 1 aromatic heterocycles. The van der Waals surface area contributed by atoms with Gasteiger partial charge in [0.1, 0.15) is 0 Å². The van der Waals surface area contributed by atoms with Gasteiger partial charge in [-0.05, 0) is 19.1 Å². The number of methoxy groups -OCH3 is 1. The van der Waals surface area contributed by atoms with Gasteiger partial charge in [-0.15, -0.1) is 0 Å². The van der Waals surface area contributed by atoms with Crippen molar-refractivity contribution < 1.29 is 9.53 Å². The highest BCUT2D eigenvalue weighted by molar-refractivity contribution is 6.06. The number of hydrogen-bond donors (Lipinski definition) is 1. The number of benzene rings is 1. The highest BCUT2D eigenvalue weighted by Crippen LogP contribution is 2.24. The molecule has 0 bridgehead atoms. The second-order valence-corrected chi connectivity index (χ2v) is 3.55. The molecule has 0 aliphatic heterocycles. The third-order valence-electron chi connectivity index (χ3n) is 2.42. The summed E-state index contributed by atoms with van der Waals surface area (Å²) in [4.78, 5) is 15.7. The molecule has 0 saturated carbocycles. The first-order valence-electron chi connectivity index (χ1n) is 4.87. The first kappa shape index (κ1) is 10.4. The topological polar surface area (TPSA) is 65.2 Å². The molecule has 0 unspecified atom stereocenters. The first-order valence-corrected chi connectivity index (χ1v) is 4.87. The molecule has 2 aromatic rings. The lowest BCUT2D eigenvalue weighted by Gasteiger charge is -2.07. The molecule has 0 amide bonds. The van der Waals surface area contributed by atoms with Crippen LogP contribution in [0.25, 0.3) is 10.8 Å². The van der Waals surface area contributed by atoms with Gasteiger partial charge in [0, 0.05) is 22.2 Å². The van der Waals surface area contributed by atoms with E-state index in [4.69, 9.17) is 10.5 Å². The van der Waals surface area contributed by atoms with Crippen molar-refractivity contribution in [2.45, 2.75) is 6.92 Å².